The summed E-state index contributed by atoms with van der Waals surface area (Å²) in [5.74, 6) is -0.0122. The van der Waals surface area contributed by atoms with E-state index in [9.17, 15) is 8.42 Å². The number of hydrogen-bond donors (Lipinski definition) is 2. The summed E-state index contributed by atoms with van der Waals surface area (Å²) in [4.78, 5) is 1.66. The van der Waals surface area contributed by atoms with Crippen molar-refractivity contribution >= 4 is 22.1 Å². The molecule has 6 nitrogen and oxygen atoms in total. The second kappa shape index (κ2) is 6.06. The minimum Gasteiger partial charge on any atom is -0.370 e. The Morgan fingerprint density at radius 1 is 1.15 bits per heavy atom. The van der Waals surface area contributed by atoms with Crippen molar-refractivity contribution in [2.75, 3.05) is 26.2 Å². The van der Waals surface area contributed by atoms with Crippen molar-refractivity contribution in [3.05, 3.63) is 41.3 Å². The standard InChI is InChI=1S/C13H18N4O2S/c14-13(15)16-7-9-17(10-8-16)20(18,19)11-6-12-4-2-1-3-5-12/h1-6,11H,7-10H2,(H3,14,15). The van der Waals surface area contributed by atoms with E-state index in [2.05, 4.69) is 0 Å². The van der Waals surface area contributed by atoms with E-state index in [1.807, 2.05) is 30.3 Å². The maximum atomic E-state index is 12.2. The zero-order valence-corrected chi connectivity index (χ0v) is 11.9. The van der Waals surface area contributed by atoms with Gasteiger partial charge in [0.05, 0.1) is 0 Å². The summed E-state index contributed by atoms with van der Waals surface area (Å²) >= 11 is 0. The smallest absolute Gasteiger partial charge is 0.236 e. The molecule has 2 rings (SSSR count). The number of hydrogen-bond acceptors (Lipinski definition) is 3. The fraction of sp³-hybridized carbons (Fsp3) is 0.308. The van der Waals surface area contributed by atoms with Crippen LogP contribution in [-0.2, 0) is 10.0 Å². The number of nitrogens with one attached hydrogen (secondary N) is 1. The summed E-state index contributed by atoms with van der Waals surface area (Å²) in [6.07, 6.45) is 1.59. The van der Waals surface area contributed by atoms with Crippen molar-refractivity contribution in [1.82, 2.24) is 9.21 Å². The average molecular weight is 294 g/mol. The molecule has 1 saturated heterocycles. The first-order valence-corrected chi connectivity index (χ1v) is 7.81. The minimum absolute atomic E-state index is 0.0122. The molecule has 7 heteroatoms. The normalized spacial score (nSPS) is 17.5. The molecule has 0 atom stereocenters. The van der Waals surface area contributed by atoms with E-state index in [0.717, 1.165) is 5.56 Å². The molecule has 1 fully saturated rings. The van der Waals surface area contributed by atoms with Crippen molar-refractivity contribution in [3.63, 3.8) is 0 Å². The van der Waals surface area contributed by atoms with Gasteiger partial charge in [-0.1, -0.05) is 30.3 Å². The SMILES string of the molecule is N=C(N)N1CCN(S(=O)(=O)C=Cc2ccccc2)CC1. The molecule has 108 valence electrons. The number of sulfonamides is 1. The molecular formula is C13H18N4O2S. The third-order valence-electron chi connectivity index (χ3n) is 3.17. The van der Waals surface area contributed by atoms with Crippen LogP contribution < -0.4 is 5.73 Å². The van der Waals surface area contributed by atoms with Gasteiger partial charge in [0.1, 0.15) is 0 Å². The molecule has 0 aliphatic carbocycles. The predicted octanol–water partition coefficient (Wildman–Crippen LogP) is 0.498. The van der Waals surface area contributed by atoms with Crippen molar-refractivity contribution in [1.29, 1.82) is 5.41 Å². The third-order valence-corrected chi connectivity index (χ3v) is 4.74. The molecule has 0 saturated carbocycles. The van der Waals surface area contributed by atoms with Crippen LogP contribution in [-0.4, -0.2) is 49.8 Å². The lowest BCUT2D eigenvalue weighted by Crippen LogP contribution is -2.51. The number of rotatable bonds is 3. The Labute approximate surface area is 119 Å². The Hall–Kier alpha value is -1.86. The molecule has 1 aromatic carbocycles. The van der Waals surface area contributed by atoms with Crippen LogP contribution >= 0.6 is 0 Å². The Kier molecular flexibility index (Phi) is 4.41. The Morgan fingerprint density at radius 2 is 1.75 bits per heavy atom. The molecule has 0 unspecified atom stereocenters. The van der Waals surface area contributed by atoms with Crippen LogP contribution in [0.3, 0.4) is 0 Å². The second-order valence-electron chi connectivity index (χ2n) is 4.53. The highest BCUT2D eigenvalue weighted by atomic mass is 32.2. The van der Waals surface area contributed by atoms with Gasteiger partial charge in [-0.2, -0.15) is 4.31 Å². The highest BCUT2D eigenvalue weighted by molar-refractivity contribution is 7.92. The van der Waals surface area contributed by atoms with Gasteiger partial charge in [0, 0.05) is 31.6 Å². The monoisotopic (exact) mass is 294 g/mol. The van der Waals surface area contributed by atoms with E-state index in [4.69, 9.17) is 11.1 Å². The third kappa shape index (κ3) is 3.58. The summed E-state index contributed by atoms with van der Waals surface area (Å²) in [5, 5.41) is 8.55. The van der Waals surface area contributed by atoms with Crippen LogP contribution in [0.5, 0.6) is 0 Å². The maximum absolute atomic E-state index is 12.2. The zero-order chi connectivity index (χ0) is 14.6. The van der Waals surface area contributed by atoms with Gasteiger partial charge in [-0.15, -0.1) is 0 Å². The topological polar surface area (TPSA) is 90.5 Å². The molecule has 1 aliphatic rings. The molecular weight excluding hydrogens is 276 g/mol. The fourth-order valence-electron chi connectivity index (χ4n) is 2.00. The van der Waals surface area contributed by atoms with Gasteiger partial charge in [0.15, 0.2) is 5.96 Å². The van der Waals surface area contributed by atoms with Gasteiger partial charge >= 0.3 is 0 Å². The maximum Gasteiger partial charge on any atom is 0.236 e. The summed E-state index contributed by atoms with van der Waals surface area (Å²) in [6, 6.07) is 9.29. The van der Waals surface area contributed by atoms with Crippen molar-refractivity contribution in [2.45, 2.75) is 0 Å². The van der Waals surface area contributed by atoms with Gasteiger partial charge in [-0.05, 0) is 11.6 Å². The van der Waals surface area contributed by atoms with E-state index in [0.29, 0.717) is 26.2 Å². The molecule has 0 aromatic heterocycles. The Balaban J connectivity index is 2.01. The molecule has 0 radical (unpaired) electrons. The number of benzene rings is 1. The van der Waals surface area contributed by atoms with Crippen LogP contribution in [0.4, 0.5) is 0 Å². The van der Waals surface area contributed by atoms with Crippen LogP contribution in [0, 0.1) is 5.41 Å². The number of piperazine rings is 1. The predicted molar refractivity (Wildman–Crippen MR) is 79.5 cm³/mol. The number of guanidine groups is 1. The van der Waals surface area contributed by atoms with Crippen LogP contribution in [0.2, 0.25) is 0 Å². The molecule has 0 amide bonds. The summed E-state index contributed by atoms with van der Waals surface area (Å²) < 4.78 is 25.8. The molecule has 0 bridgehead atoms. The van der Waals surface area contributed by atoms with E-state index in [1.54, 1.807) is 11.0 Å². The quantitative estimate of drug-likeness (QED) is 0.627. The lowest BCUT2D eigenvalue weighted by atomic mass is 10.2. The highest BCUT2D eigenvalue weighted by Crippen LogP contribution is 2.11. The molecule has 0 spiro atoms. The molecule has 20 heavy (non-hydrogen) atoms. The van der Waals surface area contributed by atoms with Crippen LogP contribution in [0.1, 0.15) is 5.56 Å². The first kappa shape index (κ1) is 14.5. The van der Waals surface area contributed by atoms with E-state index < -0.39 is 10.0 Å². The summed E-state index contributed by atoms with van der Waals surface area (Å²) in [6.45, 7) is 1.60. The van der Waals surface area contributed by atoms with Gasteiger partial charge < -0.3 is 10.6 Å². The Morgan fingerprint density at radius 3 is 2.30 bits per heavy atom. The first-order valence-electron chi connectivity index (χ1n) is 6.31. The second-order valence-corrected chi connectivity index (χ2v) is 6.35. The van der Waals surface area contributed by atoms with Gasteiger partial charge in [-0.3, -0.25) is 5.41 Å². The van der Waals surface area contributed by atoms with Crippen molar-refractivity contribution < 1.29 is 8.42 Å². The van der Waals surface area contributed by atoms with Gasteiger partial charge in [0.25, 0.3) is 0 Å². The van der Waals surface area contributed by atoms with Gasteiger partial charge in [-0.25, -0.2) is 8.42 Å². The molecule has 1 aliphatic heterocycles. The highest BCUT2D eigenvalue weighted by Gasteiger charge is 2.25. The van der Waals surface area contributed by atoms with Gasteiger partial charge in [0.2, 0.25) is 10.0 Å². The van der Waals surface area contributed by atoms with Crippen LogP contribution in [0.25, 0.3) is 6.08 Å². The zero-order valence-electron chi connectivity index (χ0n) is 11.1. The summed E-state index contributed by atoms with van der Waals surface area (Å²) in [7, 11) is -3.42. The van der Waals surface area contributed by atoms with E-state index in [1.165, 1.54) is 9.71 Å². The minimum atomic E-state index is -3.42. The first-order chi connectivity index (χ1) is 9.49. The lowest BCUT2D eigenvalue weighted by molar-refractivity contribution is 0.265. The fourth-order valence-corrected chi connectivity index (χ4v) is 3.17. The number of nitrogens with two attached hydrogens (primary N) is 1. The average Bonchev–Trinajstić information content (AvgIpc) is 2.46. The van der Waals surface area contributed by atoms with Crippen molar-refractivity contribution in [2.24, 2.45) is 5.73 Å². The molecule has 1 heterocycles. The van der Waals surface area contributed by atoms with E-state index >= 15 is 0 Å². The number of nitrogens with zero attached hydrogens (tertiary/aromatic N) is 2. The Bertz CT molecular complexity index is 590. The molecule has 1 aromatic rings. The van der Waals surface area contributed by atoms with E-state index in [-0.39, 0.29) is 5.96 Å². The summed E-state index contributed by atoms with van der Waals surface area (Å²) in [5.41, 5.74) is 6.23. The van der Waals surface area contributed by atoms with Crippen molar-refractivity contribution in [3.8, 4) is 0 Å². The largest absolute Gasteiger partial charge is 0.370 e. The molecule has 3 N–H and O–H groups in total. The lowest BCUT2D eigenvalue weighted by Gasteiger charge is -2.33. The van der Waals surface area contributed by atoms with Crippen LogP contribution in [0.15, 0.2) is 35.7 Å².